The first-order valence-corrected chi connectivity index (χ1v) is 9.73. The third kappa shape index (κ3) is 4.99. The minimum atomic E-state index is -3.74. The first-order valence-electron chi connectivity index (χ1n) is 8.29. The number of ether oxygens (including phenoxy) is 2. The van der Waals surface area contributed by atoms with Crippen molar-refractivity contribution < 1.29 is 22.7 Å². The highest BCUT2D eigenvalue weighted by molar-refractivity contribution is 7.89. The molecule has 0 heterocycles. The molecule has 0 atom stereocenters. The quantitative estimate of drug-likeness (QED) is 0.742. The van der Waals surface area contributed by atoms with Gasteiger partial charge in [-0.2, -0.15) is 4.31 Å². The van der Waals surface area contributed by atoms with E-state index in [-0.39, 0.29) is 18.0 Å². The largest absolute Gasteiger partial charge is 0.496 e. The van der Waals surface area contributed by atoms with Crippen LogP contribution in [0.15, 0.2) is 47.4 Å². The van der Waals surface area contributed by atoms with Gasteiger partial charge in [0.1, 0.15) is 11.5 Å². The number of methoxy groups -OCH3 is 2. The molecule has 0 aliphatic carbocycles. The minimum Gasteiger partial charge on any atom is -0.496 e. The van der Waals surface area contributed by atoms with Crippen molar-refractivity contribution in [3.63, 3.8) is 0 Å². The number of likely N-dealkylation sites (N-methyl/N-ethyl adjacent to an activating group) is 1. The second kappa shape index (κ2) is 8.88. The predicted molar refractivity (Wildman–Crippen MR) is 102 cm³/mol. The molecule has 0 aliphatic rings. The van der Waals surface area contributed by atoms with Crippen molar-refractivity contribution in [2.75, 3.05) is 27.8 Å². The average molecular weight is 392 g/mol. The molecule has 7 nitrogen and oxygen atoms in total. The molecule has 0 radical (unpaired) electrons. The zero-order valence-corrected chi connectivity index (χ0v) is 16.7. The number of hydrogen-bond acceptors (Lipinski definition) is 5. The van der Waals surface area contributed by atoms with Crippen LogP contribution in [0.3, 0.4) is 0 Å². The van der Waals surface area contributed by atoms with Crippen molar-refractivity contribution in [3.8, 4) is 11.5 Å². The van der Waals surface area contributed by atoms with E-state index in [0.717, 1.165) is 9.87 Å². The van der Waals surface area contributed by atoms with E-state index in [9.17, 15) is 13.2 Å². The van der Waals surface area contributed by atoms with Gasteiger partial charge in [-0.3, -0.25) is 4.79 Å². The lowest BCUT2D eigenvalue weighted by atomic mass is 10.1. The van der Waals surface area contributed by atoms with Crippen molar-refractivity contribution in [1.82, 2.24) is 9.62 Å². The Morgan fingerprint density at radius 3 is 2.11 bits per heavy atom. The fourth-order valence-corrected chi connectivity index (χ4v) is 3.65. The molecule has 2 aromatic carbocycles. The lowest BCUT2D eigenvalue weighted by Crippen LogP contribution is -2.38. The van der Waals surface area contributed by atoms with Gasteiger partial charge in [0.05, 0.1) is 37.8 Å². The number of nitrogens with one attached hydrogen (secondary N) is 1. The molecular weight excluding hydrogens is 368 g/mol. The van der Waals surface area contributed by atoms with E-state index in [0.29, 0.717) is 17.1 Å². The molecule has 0 spiro atoms. The van der Waals surface area contributed by atoms with Gasteiger partial charge in [0.25, 0.3) is 0 Å². The van der Waals surface area contributed by atoms with Gasteiger partial charge in [-0.25, -0.2) is 8.42 Å². The summed E-state index contributed by atoms with van der Waals surface area (Å²) in [6, 6.07) is 11.8. The second-order valence-electron chi connectivity index (χ2n) is 5.99. The number of benzene rings is 2. The number of hydrogen-bond donors (Lipinski definition) is 1. The van der Waals surface area contributed by atoms with Gasteiger partial charge in [0.15, 0.2) is 0 Å². The second-order valence-corrected chi connectivity index (χ2v) is 8.04. The summed E-state index contributed by atoms with van der Waals surface area (Å²) < 4.78 is 36.7. The summed E-state index contributed by atoms with van der Waals surface area (Å²) in [6.45, 7) is 1.73. The summed E-state index contributed by atoms with van der Waals surface area (Å²) in [7, 11) is 0.697. The van der Waals surface area contributed by atoms with Crippen LogP contribution in [-0.2, 0) is 21.4 Å². The van der Waals surface area contributed by atoms with Crippen LogP contribution < -0.4 is 14.8 Å². The zero-order valence-electron chi connectivity index (χ0n) is 15.9. The van der Waals surface area contributed by atoms with Gasteiger partial charge in [0, 0.05) is 7.05 Å². The van der Waals surface area contributed by atoms with Crippen LogP contribution >= 0.6 is 0 Å². The van der Waals surface area contributed by atoms with Crippen LogP contribution in [0, 0.1) is 6.92 Å². The number of nitrogens with zero attached hydrogens (tertiary/aromatic N) is 1. The van der Waals surface area contributed by atoms with Crippen molar-refractivity contribution in [2.24, 2.45) is 0 Å². The van der Waals surface area contributed by atoms with E-state index in [2.05, 4.69) is 5.32 Å². The summed E-state index contributed by atoms with van der Waals surface area (Å²) in [4.78, 5) is 12.4. The van der Waals surface area contributed by atoms with Gasteiger partial charge in [-0.1, -0.05) is 23.8 Å². The van der Waals surface area contributed by atoms with Crippen molar-refractivity contribution >= 4 is 15.9 Å². The molecule has 1 amide bonds. The molecule has 0 fully saturated rings. The maximum Gasteiger partial charge on any atom is 0.243 e. The number of carbonyl (C=O) groups is 1. The van der Waals surface area contributed by atoms with Crippen molar-refractivity contribution in [1.29, 1.82) is 0 Å². The fraction of sp³-hybridized carbons (Fsp3) is 0.316. The van der Waals surface area contributed by atoms with Crippen LogP contribution in [-0.4, -0.2) is 46.4 Å². The Bertz CT molecular complexity index is 873. The number of rotatable bonds is 8. The maximum atomic E-state index is 12.6. The van der Waals surface area contributed by atoms with E-state index >= 15 is 0 Å². The standard InChI is InChI=1S/C19H24N2O5S/c1-14-8-10-15(11-9-14)27(23,24)21(2)13-19(22)20-12-16-17(25-3)6-5-7-18(16)26-4/h5-11H,12-13H2,1-4H3,(H,20,22). The van der Waals surface area contributed by atoms with Gasteiger partial charge < -0.3 is 14.8 Å². The smallest absolute Gasteiger partial charge is 0.243 e. The van der Waals surface area contributed by atoms with E-state index in [1.165, 1.54) is 33.4 Å². The molecule has 2 aromatic rings. The highest BCUT2D eigenvalue weighted by Crippen LogP contribution is 2.27. The van der Waals surface area contributed by atoms with E-state index < -0.39 is 15.9 Å². The SMILES string of the molecule is COc1cccc(OC)c1CNC(=O)CN(C)S(=O)(=O)c1ccc(C)cc1. The summed E-state index contributed by atoms with van der Waals surface area (Å²) in [6.07, 6.45) is 0. The molecule has 1 N–H and O–H groups in total. The lowest BCUT2D eigenvalue weighted by molar-refractivity contribution is -0.121. The normalized spacial score (nSPS) is 11.3. The molecule has 0 saturated carbocycles. The van der Waals surface area contributed by atoms with E-state index in [1.807, 2.05) is 6.92 Å². The number of carbonyl (C=O) groups excluding carboxylic acids is 1. The average Bonchev–Trinajstić information content (AvgIpc) is 2.66. The number of sulfonamides is 1. The Morgan fingerprint density at radius 1 is 1.04 bits per heavy atom. The molecule has 0 aromatic heterocycles. The summed E-state index contributed by atoms with van der Waals surface area (Å²) in [5, 5.41) is 2.71. The predicted octanol–water partition coefficient (Wildman–Crippen LogP) is 1.95. The van der Waals surface area contributed by atoms with Crippen molar-refractivity contribution in [3.05, 3.63) is 53.6 Å². The summed E-state index contributed by atoms with van der Waals surface area (Å²) >= 11 is 0. The molecule has 146 valence electrons. The first-order chi connectivity index (χ1) is 12.8. The van der Waals surface area contributed by atoms with E-state index in [1.54, 1.807) is 30.3 Å². The van der Waals surface area contributed by atoms with E-state index in [4.69, 9.17) is 9.47 Å². The topological polar surface area (TPSA) is 84.9 Å². The molecule has 0 aliphatic heterocycles. The Kier molecular flexibility index (Phi) is 6.81. The Morgan fingerprint density at radius 2 is 1.59 bits per heavy atom. The van der Waals surface area contributed by atoms with Crippen molar-refractivity contribution in [2.45, 2.75) is 18.4 Å². The third-order valence-electron chi connectivity index (χ3n) is 4.09. The van der Waals surface area contributed by atoms with Crippen LogP contribution in [0.2, 0.25) is 0 Å². The molecule has 8 heteroatoms. The minimum absolute atomic E-state index is 0.148. The van der Waals surface area contributed by atoms with Crippen LogP contribution in [0.25, 0.3) is 0 Å². The molecule has 0 saturated heterocycles. The van der Waals surface area contributed by atoms with Gasteiger partial charge >= 0.3 is 0 Å². The summed E-state index contributed by atoms with van der Waals surface area (Å²) in [5.74, 6) is 0.728. The van der Waals surface area contributed by atoms with Crippen LogP contribution in [0.5, 0.6) is 11.5 Å². The molecule has 0 bridgehead atoms. The summed E-state index contributed by atoms with van der Waals surface area (Å²) in [5.41, 5.74) is 1.64. The van der Waals surface area contributed by atoms with Gasteiger partial charge in [0.2, 0.25) is 15.9 Å². The van der Waals surface area contributed by atoms with Crippen LogP contribution in [0.1, 0.15) is 11.1 Å². The monoisotopic (exact) mass is 392 g/mol. The zero-order chi connectivity index (χ0) is 20.0. The number of aryl methyl sites for hydroxylation is 1. The molecule has 27 heavy (non-hydrogen) atoms. The maximum absolute atomic E-state index is 12.6. The molecule has 2 rings (SSSR count). The third-order valence-corrected chi connectivity index (χ3v) is 5.91. The Hall–Kier alpha value is -2.58. The fourth-order valence-electron chi connectivity index (χ4n) is 2.52. The van der Waals surface area contributed by atoms with Gasteiger partial charge in [-0.15, -0.1) is 0 Å². The Labute approximate surface area is 160 Å². The Balaban J connectivity index is 2.05. The first kappa shape index (κ1) is 20.7. The molecular formula is C19H24N2O5S. The number of amides is 1. The highest BCUT2D eigenvalue weighted by Gasteiger charge is 2.23. The lowest BCUT2D eigenvalue weighted by Gasteiger charge is -2.18. The highest BCUT2D eigenvalue weighted by atomic mass is 32.2. The molecule has 0 unspecified atom stereocenters. The van der Waals surface area contributed by atoms with Gasteiger partial charge in [-0.05, 0) is 31.2 Å². The van der Waals surface area contributed by atoms with Crippen LogP contribution in [0.4, 0.5) is 0 Å².